The molecule has 2 aromatic rings. The third-order valence-corrected chi connectivity index (χ3v) is 2.82. The van der Waals surface area contributed by atoms with E-state index in [1.807, 2.05) is 12.1 Å². The van der Waals surface area contributed by atoms with Gasteiger partial charge in [0.1, 0.15) is 11.5 Å². The molecule has 110 valence electrons. The third-order valence-electron chi connectivity index (χ3n) is 2.82. The summed E-state index contributed by atoms with van der Waals surface area (Å²) < 4.78 is 11.1. The molecule has 5 heteroatoms. The van der Waals surface area contributed by atoms with Crippen molar-refractivity contribution in [2.45, 2.75) is 6.42 Å². The molecule has 0 unspecified atom stereocenters. The highest BCUT2D eigenvalue weighted by molar-refractivity contribution is 5.93. The summed E-state index contributed by atoms with van der Waals surface area (Å²) in [6, 6.07) is 14.0. The highest BCUT2D eigenvalue weighted by atomic mass is 16.5. The Labute approximate surface area is 123 Å². The lowest BCUT2D eigenvalue weighted by Gasteiger charge is -2.08. The van der Waals surface area contributed by atoms with Gasteiger partial charge in [-0.25, -0.2) is 0 Å². The number of benzene rings is 2. The van der Waals surface area contributed by atoms with Crippen molar-refractivity contribution in [2.75, 3.05) is 18.9 Å². The fraction of sp³-hybridized carbons (Fsp3) is 0.188. The van der Waals surface area contributed by atoms with E-state index in [9.17, 15) is 4.79 Å². The molecule has 0 radical (unpaired) electrons. The van der Waals surface area contributed by atoms with Crippen LogP contribution in [0.4, 0.5) is 5.69 Å². The number of nitrogen functional groups attached to an aromatic ring is 1. The minimum atomic E-state index is -0.466. The largest absolute Gasteiger partial charge is 0.493 e. The van der Waals surface area contributed by atoms with Crippen LogP contribution in [0.3, 0.4) is 0 Å². The van der Waals surface area contributed by atoms with E-state index >= 15 is 0 Å². The summed E-state index contributed by atoms with van der Waals surface area (Å²) in [6.07, 6.45) is 0.727. The van der Waals surface area contributed by atoms with Gasteiger partial charge in [0.05, 0.1) is 13.2 Å². The molecule has 0 heterocycles. The van der Waals surface area contributed by atoms with E-state index in [1.54, 1.807) is 36.4 Å². The van der Waals surface area contributed by atoms with Crippen molar-refractivity contribution in [3.8, 4) is 11.5 Å². The second-order valence-corrected chi connectivity index (χ2v) is 4.51. The number of nitrogens with two attached hydrogens (primary N) is 2. The maximum Gasteiger partial charge on any atom is 0.248 e. The Bertz CT molecular complexity index is 597. The highest BCUT2D eigenvalue weighted by Gasteiger charge is 2.02. The van der Waals surface area contributed by atoms with Gasteiger partial charge in [-0.05, 0) is 42.5 Å². The highest BCUT2D eigenvalue weighted by Crippen LogP contribution is 2.14. The predicted molar refractivity (Wildman–Crippen MR) is 81.4 cm³/mol. The standard InChI is InChI=1S/C16H18N2O3/c17-13-5-7-14(8-6-13)20-9-2-10-21-15-4-1-3-12(11-15)16(18)19/h1,3-8,11H,2,9-10,17H2,(H2,18,19). The molecular formula is C16H18N2O3. The Kier molecular flexibility index (Phi) is 5.04. The molecule has 2 rings (SSSR count). The number of ether oxygens (including phenoxy) is 2. The molecule has 0 atom stereocenters. The molecule has 0 saturated heterocycles. The lowest BCUT2D eigenvalue weighted by Crippen LogP contribution is -2.11. The molecule has 5 nitrogen and oxygen atoms in total. The monoisotopic (exact) mass is 286 g/mol. The fourth-order valence-electron chi connectivity index (χ4n) is 1.74. The molecule has 21 heavy (non-hydrogen) atoms. The van der Waals surface area contributed by atoms with E-state index in [4.69, 9.17) is 20.9 Å². The lowest BCUT2D eigenvalue weighted by molar-refractivity contribution is 0.0999. The number of anilines is 1. The first-order chi connectivity index (χ1) is 10.1. The van der Waals surface area contributed by atoms with Crippen LogP contribution in [0.25, 0.3) is 0 Å². The van der Waals surface area contributed by atoms with Crippen molar-refractivity contribution in [1.29, 1.82) is 0 Å². The van der Waals surface area contributed by atoms with Crippen LogP contribution in [0.15, 0.2) is 48.5 Å². The van der Waals surface area contributed by atoms with Crippen LogP contribution in [0.1, 0.15) is 16.8 Å². The Morgan fingerprint density at radius 3 is 2.29 bits per heavy atom. The lowest BCUT2D eigenvalue weighted by atomic mass is 10.2. The number of carbonyl (C=O) groups excluding carboxylic acids is 1. The third kappa shape index (κ3) is 4.72. The van der Waals surface area contributed by atoms with E-state index in [1.165, 1.54) is 0 Å². The molecule has 0 aliphatic heterocycles. The van der Waals surface area contributed by atoms with Crippen molar-refractivity contribution >= 4 is 11.6 Å². The van der Waals surface area contributed by atoms with Crippen molar-refractivity contribution in [1.82, 2.24) is 0 Å². The topological polar surface area (TPSA) is 87.6 Å². The minimum absolute atomic E-state index is 0.436. The van der Waals surface area contributed by atoms with Gasteiger partial charge in [0.25, 0.3) is 0 Å². The number of primary amides is 1. The molecule has 2 aromatic carbocycles. The second kappa shape index (κ2) is 7.19. The average molecular weight is 286 g/mol. The fourth-order valence-corrected chi connectivity index (χ4v) is 1.74. The summed E-state index contributed by atoms with van der Waals surface area (Å²) in [6.45, 7) is 1.04. The van der Waals surface area contributed by atoms with Gasteiger partial charge in [-0.1, -0.05) is 6.07 Å². The SMILES string of the molecule is NC(=O)c1cccc(OCCCOc2ccc(N)cc2)c1. The molecule has 0 bridgehead atoms. The van der Waals surface area contributed by atoms with Crippen LogP contribution in [0, 0.1) is 0 Å². The maximum absolute atomic E-state index is 11.0. The normalized spacial score (nSPS) is 10.1. The van der Waals surface area contributed by atoms with Gasteiger partial charge in [0, 0.05) is 17.7 Å². The Morgan fingerprint density at radius 2 is 1.62 bits per heavy atom. The van der Waals surface area contributed by atoms with Crippen molar-refractivity contribution in [3.05, 3.63) is 54.1 Å². The van der Waals surface area contributed by atoms with Crippen LogP contribution < -0.4 is 20.9 Å². The van der Waals surface area contributed by atoms with Gasteiger partial charge in [-0.3, -0.25) is 4.79 Å². The molecule has 0 aromatic heterocycles. The van der Waals surface area contributed by atoms with Gasteiger partial charge in [-0.15, -0.1) is 0 Å². The smallest absolute Gasteiger partial charge is 0.248 e. The number of carbonyl (C=O) groups is 1. The van der Waals surface area contributed by atoms with Gasteiger partial charge in [-0.2, -0.15) is 0 Å². The zero-order valence-corrected chi connectivity index (χ0v) is 11.6. The van der Waals surface area contributed by atoms with Gasteiger partial charge >= 0.3 is 0 Å². The molecule has 0 aliphatic carbocycles. The number of hydrogen-bond acceptors (Lipinski definition) is 4. The minimum Gasteiger partial charge on any atom is -0.493 e. The molecule has 4 N–H and O–H groups in total. The average Bonchev–Trinajstić information content (AvgIpc) is 2.49. The molecule has 1 amide bonds. The van der Waals surface area contributed by atoms with Crippen molar-refractivity contribution in [2.24, 2.45) is 5.73 Å². The van der Waals surface area contributed by atoms with E-state index in [-0.39, 0.29) is 0 Å². The zero-order valence-electron chi connectivity index (χ0n) is 11.6. The summed E-state index contributed by atoms with van der Waals surface area (Å²) in [4.78, 5) is 11.0. The number of rotatable bonds is 7. The summed E-state index contributed by atoms with van der Waals surface area (Å²) in [5, 5.41) is 0. The first-order valence-electron chi connectivity index (χ1n) is 6.66. The molecule has 0 aliphatic rings. The maximum atomic E-state index is 11.0. The summed E-state index contributed by atoms with van der Waals surface area (Å²) >= 11 is 0. The van der Waals surface area contributed by atoms with Crippen LogP contribution in [-0.2, 0) is 0 Å². The van der Waals surface area contributed by atoms with Gasteiger partial charge in [0.2, 0.25) is 5.91 Å². The summed E-state index contributed by atoms with van der Waals surface area (Å²) in [5.74, 6) is 0.936. The Hall–Kier alpha value is -2.69. The van der Waals surface area contributed by atoms with Crippen LogP contribution in [-0.4, -0.2) is 19.1 Å². The van der Waals surface area contributed by atoms with Crippen molar-refractivity contribution < 1.29 is 14.3 Å². The summed E-state index contributed by atoms with van der Waals surface area (Å²) in [5.41, 5.74) is 11.9. The van der Waals surface area contributed by atoms with Crippen LogP contribution >= 0.6 is 0 Å². The predicted octanol–water partition coefficient (Wildman–Crippen LogP) is 2.22. The van der Waals surface area contributed by atoms with E-state index in [0.717, 1.165) is 12.2 Å². The molecule has 0 fully saturated rings. The van der Waals surface area contributed by atoms with Crippen LogP contribution in [0.2, 0.25) is 0 Å². The van der Waals surface area contributed by atoms with Gasteiger partial charge < -0.3 is 20.9 Å². The summed E-state index contributed by atoms with van der Waals surface area (Å²) in [7, 11) is 0. The number of amides is 1. The second-order valence-electron chi connectivity index (χ2n) is 4.51. The molecular weight excluding hydrogens is 268 g/mol. The first-order valence-corrected chi connectivity index (χ1v) is 6.66. The van der Waals surface area contributed by atoms with E-state index < -0.39 is 5.91 Å². The Balaban J connectivity index is 1.71. The van der Waals surface area contributed by atoms with Crippen LogP contribution in [0.5, 0.6) is 11.5 Å². The quantitative estimate of drug-likeness (QED) is 0.603. The van der Waals surface area contributed by atoms with E-state index in [2.05, 4.69) is 0 Å². The molecule has 0 saturated carbocycles. The Morgan fingerprint density at radius 1 is 0.952 bits per heavy atom. The molecule has 0 spiro atoms. The number of hydrogen-bond donors (Lipinski definition) is 2. The first kappa shape index (κ1) is 14.7. The van der Waals surface area contributed by atoms with Crippen molar-refractivity contribution in [3.63, 3.8) is 0 Å². The zero-order chi connectivity index (χ0) is 15.1. The van der Waals surface area contributed by atoms with Gasteiger partial charge in [0.15, 0.2) is 0 Å². The van der Waals surface area contributed by atoms with E-state index in [0.29, 0.717) is 30.2 Å².